The number of benzene rings is 1. The van der Waals surface area contributed by atoms with Crippen LogP contribution in [0.4, 0.5) is 23.7 Å². The van der Waals surface area contributed by atoms with Crippen LogP contribution in [0.15, 0.2) is 61.2 Å². The molecule has 0 radical (unpaired) electrons. The lowest BCUT2D eigenvalue weighted by Crippen LogP contribution is -2.67. The van der Waals surface area contributed by atoms with Crippen molar-refractivity contribution in [3.63, 3.8) is 0 Å². The first-order valence-corrected chi connectivity index (χ1v) is 12.1. The SMILES string of the molecule is Cn1cc(-c2ccc3c(C(=O)N4CC5(CC(NC(=O)Nc6cccc(C(F)(F)F)c6)C5)C4)cnn3c2)cn1. The molecule has 12 heteroatoms. The molecule has 4 heterocycles. The van der Waals surface area contributed by atoms with Gasteiger partial charge in [0.15, 0.2) is 0 Å². The summed E-state index contributed by atoms with van der Waals surface area (Å²) in [5.74, 6) is -0.0848. The van der Waals surface area contributed by atoms with Crippen molar-refractivity contribution in [2.75, 3.05) is 18.4 Å². The zero-order valence-electron chi connectivity index (χ0n) is 20.4. The quantitative estimate of drug-likeness (QED) is 0.420. The molecular weight excluding hydrogens is 499 g/mol. The van der Waals surface area contributed by atoms with Gasteiger partial charge in [0.1, 0.15) is 0 Å². The normalized spacial score (nSPS) is 16.8. The first-order valence-electron chi connectivity index (χ1n) is 12.1. The highest BCUT2D eigenvalue weighted by Gasteiger charge is 2.54. The van der Waals surface area contributed by atoms with Crippen LogP contribution in [-0.2, 0) is 13.2 Å². The Kier molecular flexibility index (Phi) is 5.44. The fourth-order valence-electron chi connectivity index (χ4n) is 5.44. The average molecular weight is 524 g/mol. The average Bonchev–Trinajstić information content (AvgIpc) is 3.44. The number of carbonyl (C=O) groups is 2. The predicted octanol–water partition coefficient (Wildman–Crippen LogP) is 4.18. The minimum absolute atomic E-state index is 0.0414. The number of aryl methyl sites for hydroxylation is 1. The zero-order chi connectivity index (χ0) is 26.7. The molecule has 6 rings (SSSR count). The number of amides is 3. The monoisotopic (exact) mass is 523 g/mol. The minimum Gasteiger partial charge on any atom is -0.337 e. The molecule has 0 bridgehead atoms. The number of carbonyl (C=O) groups excluding carboxylic acids is 2. The second-order valence-electron chi connectivity index (χ2n) is 10.2. The number of rotatable bonds is 4. The topological polar surface area (TPSA) is 96.6 Å². The van der Waals surface area contributed by atoms with E-state index in [9.17, 15) is 22.8 Å². The van der Waals surface area contributed by atoms with Crippen molar-refractivity contribution in [2.24, 2.45) is 12.5 Å². The summed E-state index contributed by atoms with van der Waals surface area (Å²) in [6, 6.07) is 7.69. The lowest BCUT2D eigenvalue weighted by atomic mass is 9.60. The third-order valence-electron chi connectivity index (χ3n) is 7.27. The molecule has 1 spiro atoms. The molecule has 1 saturated heterocycles. The molecule has 1 aliphatic carbocycles. The molecule has 4 aromatic rings. The Morgan fingerprint density at radius 3 is 2.53 bits per heavy atom. The van der Waals surface area contributed by atoms with Gasteiger partial charge in [0, 0.05) is 60.8 Å². The maximum Gasteiger partial charge on any atom is 0.416 e. The highest BCUT2D eigenvalue weighted by molar-refractivity contribution is 6.01. The first-order chi connectivity index (χ1) is 18.1. The van der Waals surface area contributed by atoms with Crippen molar-refractivity contribution in [2.45, 2.75) is 25.1 Å². The van der Waals surface area contributed by atoms with E-state index < -0.39 is 17.8 Å². The van der Waals surface area contributed by atoms with Crippen molar-refractivity contribution >= 4 is 23.1 Å². The van der Waals surface area contributed by atoms with E-state index in [0.29, 0.717) is 31.5 Å². The molecule has 1 aromatic carbocycles. The lowest BCUT2D eigenvalue weighted by molar-refractivity contribution is -0.137. The molecule has 1 aliphatic heterocycles. The van der Waals surface area contributed by atoms with E-state index in [2.05, 4.69) is 20.8 Å². The molecule has 196 valence electrons. The summed E-state index contributed by atoms with van der Waals surface area (Å²) >= 11 is 0. The summed E-state index contributed by atoms with van der Waals surface area (Å²) < 4.78 is 42.1. The fraction of sp³-hybridized carbons (Fsp3) is 0.308. The zero-order valence-corrected chi connectivity index (χ0v) is 20.4. The number of fused-ring (bicyclic) bond motifs is 1. The van der Waals surface area contributed by atoms with Gasteiger partial charge in [-0.3, -0.25) is 9.48 Å². The summed E-state index contributed by atoms with van der Waals surface area (Å²) in [7, 11) is 1.85. The van der Waals surface area contributed by atoms with Crippen molar-refractivity contribution in [3.05, 3.63) is 72.3 Å². The van der Waals surface area contributed by atoms with Crippen molar-refractivity contribution in [1.29, 1.82) is 0 Å². The summed E-state index contributed by atoms with van der Waals surface area (Å²) in [5, 5.41) is 13.8. The number of alkyl halides is 3. The number of aromatic nitrogens is 4. The molecule has 2 fully saturated rings. The van der Waals surface area contributed by atoms with Gasteiger partial charge in [0.2, 0.25) is 0 Å². The van der Waals surface area contributed by atoms with Gasteiger partial charge < -0.3 is 15.5 Å². The summed E-state index contributed by atoms with van der Waals surface area (Å²) in [6.45, 7) is 1.18. The number of pyridine rings is 1. The number of anilines is 1. The van der Waals surface area contributed by atoms with Crippen LogP contribution in [-0.4, -0.2) is 55.4 Å². The van der Waals surface area contributed by atoms with Gasteiger partial charge >= 0.3 is 12.2 Å². The highest BCUT2D eigenvalue weighted by atomic mass is 19.4. The highest BCUT2D eigenvalue weighted by Crippen LogP contribution is 2.48. The maximum absolute atomic E-state index is 13.1. The molecule has 0 atom stereocenters. The second-order valence-corrected chi connectivity index (χ2v) is 10.2. The number of urea groups is 1. The Hall–Kier alpha value is -4.35. The van der Waals surface area contributed by atoms with E-state index in [4.69, 9.17) is 0 Å². The summed E-state index contributed by atoms with van der Waals surface area (Å²) in [5.41, 5.74) is 2.38. The van der Waals surface area contributed by atoms with Crippen LogP contribution in [0.1, 0.15) is 28.8 Å². The smallest absolute Gasteiger partial charge is 0.337 e. The Labute approximate surface area is 215 Å². The predicted molar refractivity (Wildman–Crippen MR) is 132 cm³/mol. The van der Waals surface area contributed by atoms with Gasteiger partial charge in [0.25, 0.3) is 5.91 Å². The number of nitrogens with one attached hydrogen (secondary N) is 2. The maximum atomic E-state index is 13.1. The van der Waals surface area contributed by atoms with Crippen LogP contribution in [0, 0.1) is 5.41 Å². The van der Waals surface area contributed by atoms with E-state index in [1.165, 1.54) is 12.1 Å². The van der Waals surface area contributed by atoms with E-state index >= 15 is 0 Å². The van der Waals surface area contributed by atoms with E-state index in [0.717, 1.165) is 28.8 Å². The molecule has 1 saturated carbocycles. The van der Waals surface area contributed by atoms with Crippen LogP contribution in [0.3, 0.4) is 0 Å². The molecule has 2 aliphatic rings. The largest absolute Gasteiger partial charge is 0.416 e. The van der Waals surface area contributed by atoms with Crippen LogP contribution < -0.4 is 10.6 Å². The first kappa shape index (κ1) is 24.0. The Bertz CT molecular complexity index is 1540. The lowest BCUT2D eigenvalue weighted by Gasteiger charge is -2.58. The van der Waals surface area contributed by atoms with Crippen LogP contribution >= 0.6 is 0 Å². The van der Waals surface area contributed by atoms with Gasteiger partial charge in [-0.05, 0) is 37.1 Å². The molecule has 0 unspecified atom stereocenters. The Balaban J connectivity index is 1.02. The van der Waals surface area contributed by atoms with Crippen LogP contribution in [0.25, 0.3) is 16.6 Å². The third-order valence-corrected chi connectivity index (χ3v) is 7.27. The molecule has 3 amide bonds. The molecular formula is C26H24F3N7O2. The van der Waals surface area contributed by atoms with Gasteiger partial charge in [-0.1, -0.05) is 12.1 Å². The second kappa shape index (κ2) is 8.61. The number of hydrogen-bond donors (Lipinski definition) is 2. The number of nitrogens with zero attached hydrogens (tertiary/aromatic N) is 5. The Morgan fingerprint density at radius 2 is 1.82 bits per heavy atom. The number of hydrogen-bond acceptors (Lipinski definition) is 4. The van der Waals surface area contributed by atoms with E-state index in [1.54, 1.807) is 26.5 Å². The Morgan fingerprint density at radius 1 is 1.03 bits per heavy atom. The minimum atomic E-state index is -4.48. The fourth-order valence-corrected chi connectivity index (χ4v) is 5.44. The van der Waals surface area contributed by atoms with Crippen molar-refractivity contribution in [3.8, 4) is 11.1 Å². The molecule has 9 nitrogen and oxygen atoms in total. The van der Waals surface area contributed by atoms with Gasteiger partial charge in [-0.15, -0.1) is 0 Å². The van der Waals surface area contributed by atoms with E-state index in [-0.39, 0.29) is 23.1 Å². The summed E-state index contributed by atoms with van der Waals surface area (Å²) in [6.07, 6.45) is 4.06. The number of halogens is 3. The van der Waals surface area contributed by atoms with Crippen LogP contribution in [0.5, 0.6) is 0 Å². The third kappa shape index (κ3) is 4.35. The summed E-state index contributed by atoms with van der Waals surface area (Å²) in [4.78, 5) is 27.2. The molecule has 38 heavy (non-hydrogen) atoms. The van der Waals surface area contributed by atoms with Gasteiger partial charge in [0.05, 0.1) is 29.0 Å². The van der Waals surface area contributed by atoms with Gasteiger partial charge in [-0.25, -0.2) is 9.31 Å². The van der Waals surface area contributed by atoms with Gasteiger partial charge in [-0.2, -0.15) is 23.4 Å². The molecule has 2 N–H and O–H groups in total. The van der Waals surface area contributed by atoms with Crippen molar-refractivity contribution < 1.29 is 22.8 Å². The van der Waals surface area contributed by atoms with E-state index in [1.807, 2.05) is 31.6 Å². The van der Waals surface area contributed by atoms with Crippen LogP contribution in [0.2, 0.25) is 0 Å². The van der Waals surface area contributed by atoms with Crippen molar-refractivity contribution in [1.82, 2.24) is 29.6 Å². The molecule has 3 aromatic heterocycles. The standard InChI is InChI=1S/C26H24F3N7O2/c1-34-12-17(10-30-34)16-5-6-22-21(11-31-36(22)13-16)23(37)35-14-25(15-35)8-20(9-25)33-24(38)32-19-4-2-3-18(7-19)26(27,28)29/h2-7,10-13,20H,8-9,14-15H2,1H3,(H2,32,33,38). The number of likely N-dealkylation sites (tertiary alicyclic amines) is 1.